The summed E-state index contributed by atoms with van der Waals surface area (Å²) in [7, 11) is 1.51. The van der Waals surface area contributed by atoms with Crippen LogP contribution in [0.15, 0.2) is 77.5 Å². The summed E-state index contributed by atoms with van der Waals surface area (Å²) in [4.78, 5) is 52.2. The van der Waals surface area contributed by atoms with Gasteiger partial charge in [0.15, 0.2) is 0 Å². The van der Waals surface area contributed by atoms with Crippen molar-refractivity contribution < 1.29 is 28.7 Å². The van der Waals surface area contributed by atoms with Crippen molar-refractivity contribution in [2.75, 3.05) is 22.6 Å². The third-order valence-corrected chi connectivity index (χ3v) is 6.17. The summed E-state index contributed by atoms with van der Waals surface area (Å²) in [5, 5.41) is 5.42. The third kappa shape index (κ3) is 5.94. The first-order valence-corrected chi connectivity index (χ1v) is 12.4. The molecule has 3 aromatic carbocycles. The minimum atomic E-state index is -0.670. The molecule has 0 aliphatic carbocycles. The van der Waals surface area contributed by atoms with Gasteiger partial charge in [-0.3, -0.25) is 14.4 Å². The number of carbonyl (C=O) groups is 4. The molecule has 39 heavy (non-hydrogen) atoms. The minimum Gasteiger partial charge on any atom is -0.497 e. The SMILES string of the molecule is COc1ccc(N2C(=O)C(Cl)=C(Nc3cc(C(=O)Nc4cccc(C(=O)OC(C)C)c4)ccc3C)C2=O)cc1. The molecule has 3 aromatic rings. The van der Waals surface area contributed by atoms with Gasteiger partial charge >= 0.3 is 5.97 Å². The van der Waals surface area contributed by atoms with Gasteiger partial charge in [-0.05, 0) is 80.9 Å². The first-order chi connectivity index (χ1) is 18.6. The molecule has 0 spiro atoms. The van der Waals surface area contributed by atoms with Crippen LogP contribution in [-0.4, -0.2) is 36.9 Å². The van der Waals surface area contributed by atoms with Gasteiger partial charge in [-0.2, -0.15) is 0 Å². The Bertz CT molecular complexity index is 1500. The van der Waals surface area contributed by atoms with Crippen LogP contribution in [0.3, 0.4) is 0 Å². The number of methoxy groups -OCH3 is 1. The lowest BCUT2D eigenvalue weighted by atomic mass is 10.1. The first kappa shape index (κ1) is 27.4. The average Bonchev–Trinajstić information content (AvgIpc) is 3.12. The predicted molar refractivity (Wildman–Crippen MR) is 148 cm³/mol. The second-order valence-electron chi connectivity index (χ2n) is 8.98. The van der Waals surface area contributed by atoms with Gasteiger partial charge in [0, 0.05) is 16.9 Å². The maximum atomic E-state index is 13.2. The van der Waals surface area contributed by atoms with Crippen LogP contribution in [-0.2, 0) is 14.3 Å². The Kier molecular flexibility index (Phi) is 8.01. The topological polar surface area (TPSA) is 114 Å². The fraction of sp³-hybridized carbons (Fsp3) is 0.172. The summed E-state index contributed by atoms with van der Waals surface area (Å²) in [6.07, 6.45) is -0.275. The Balaban J connectivity index is 1.53. The first-order valence-electron chi connectivity index (χ1n) is 12.0. The van der Waals surface area contributed by atoms with E-state index in [4.69, 9.17) is 21.1 Å². The van der Waals surface area contributed by atoms with Crippen LogP contribution >= 0.6 is 11.6 Å². The van der Waals surface area contributed by atoms with E-state index >= 15 is 0 Å². The number of nitrogens with one attached hydrogen (secondary N) is 2. The van der Waals surface area contributed by atoms with E-state index in [0.717, 1.165) is 4.90 Å². The summed E-state index contributed by atoms with van der Waals surface area (Å²) in [5.74, 6) is -1.66. The molecule has 3 amide bonds. The number of ether oxygens (including phenoxy) is 2. The van der Waals surface area contributed by atoms with Crippen LogP contribution < -0.4 is 20.3 Å². The van der Waals surface area contributed by atoms with Crippen molar-refractivity contribution in [3.63, 3.8) is 0 Å². The Morgan fingerprint density at radius 3 is 2.31 bits per heavy atom. The standard InChI is InChI=1S/C29H26ClN3O6/c1-16(2)39-29(37)19-6-5-7-20(14-19)31-26(34)18-9-8-17(3)23(15-18)32-25-24(30)27(35)33(28(25)36)21-10-12-22(38-4)13-11-21/h5-16,32H,1-4H3,(H,31,34). The van der Waals surface area contributed by atoms with Crippen molar-refractivity contribution in [3.8, 4) is 5.75 Å². The van der Waals surface area contributed by atoms with Crippen LogP contribution in [0.5, 0.6) is 5.75 Å². The number of rotatable bonds is 8. The average molecular weight is 548 g/mol. The fourth-order valence-corrected chi connectivity index (χ4v) is 4.03. The Morgan fingerprint density at radius 1 is 0.923 bits per heavy atom. The Morgan fingerprint density at radius 2 is 1.64 bits per heavy atom. The molecule has 2 N–H and O–H groups in total. The quantitative estimate of drug-likeness (QED) is 0.292. The van der Waals surface area contributed by atoms with Crippen LogP contribution in [0.25, 0.3) is 0 Å². The van der Waals surface area contributed by atoms with Gasteiger partial charge < -0.3 is 20.1 Å². The molecular weight excluding hydrogens is 522 g/mol. The van der Waals surface area contributed by atoms with Crippen molar-refractivity contribution in [2.24, 2.45) is 0 Å². The van der Waals surface area contributed by atoms with E-state index < -0.39 is 23.7 Å². The zero-order valence-corrected chi connectivity index (χ0v) is 22.5. The number of carbonyl (C=O) groups excluding carboxylic acids is 4. The number of halogens is 1. The second kappa shape index (κ2) is 11.4. The second-order valence-corrected chi connectivity index (χ2v) is 9.35. The van der Waals surface area contributed by atoms with E-state index in [1.807, 2.05) is 0 Å². The van der Waals surface area contributed by atoms with E-state index in [9.17, 15) is 19.2 Å². The van der Waals surface area contributed by atoms with E-state index in [1.165, 1.54) is 13.2 Å². The molecule has 0 radical (unpaired) electrons. The van der Waals surface area contributed by atoms with Crippen molar-refractivity contribution in [1.82, 2.24) is 0 Å². The number of hydrogen-bond acceptors (Lipinski definition) is 7. The molecule has 0 saturated heterocycles. The van der Waals surface area contributed by atoms with Gasteiger partial charge in [0.25, 0.3) is 17.7 Å². The number of benzene rings is 3. The van der Waals surface area contributed by atoms with Gasteiger partial charge in [0.1, 0.15) is 16.5 Å². The molecule has 0 saturated carbocycles. The Labute approximate surface area is 230 Å². The number of esters is 1. The van der Waals surface area contributed by atoms with Gasteiger partial charge in [0.05, 0.1) is 24.5 Å². The summed E-state index contributed by atoms with van der Waals surface area (Å²) < 4.78 is 10.3. The third-order valence-electron chi connectivity index (χ3n) is 5.82. The molecule has 0 fully saturated rings. The number of anilines is 3. The maximum Gasteiger partial charge on any atom is 0.338 e. The summed E-state index contributed by atoms with van der Waals surface area (Å²) in [6.45, 7) is 5.29. The van der Waals surface area contributed by atoms with E-state index in [0.29, 0.717) is 33.9 Å². The largest absolute Gasteiger partial charge is 0.497 e. The minimum absolute atomic E-state index is 0.102. The van der Waals surface area contributed by atoms with Gasteiger partial charge in [-0.1, -0.05) is 23.7 Å². The highest BCUT2D eigenvalue weighted by atomic mass is 35.5. The summed E-state index contributed by atoms with van der Waals surface area (Å²) in [5.41, 5.74) is 2.36. The molecule has 0 bridgehead atoms. The van der Waals surface area contributed by atoms with Gasteiger partial charge in [0.2, 0.25) is 0 Å². The van der Waals surface area contributed by atoms with Gasteiger partial charge in [-0.15, -0.1) is 0 Å². The molecule has 1 aliphatic heterocycles. The van der Waals surface area contributed by atoms with Crippen molar-refractivity contribution in [3.05, 3.63) is 94.1 Å². The summed E-state index contributed by atoms with van der Waals surface area (Å²) >= 11 is 6.27. The monoisotopic (exact) mass is 547 g/mol. The maximum absolute atomic E-state index is 13.2. The molecule has 200 valence electrons. The highest BCUT2D eigenvalue weighted by Crippen LogP contribution is 2.32. The Hall–Kier alpha value is -4.63. The van der Waals surface area contributed by atoms with Crippen molar-refractivity contribution in [1.29, 1.82) is 0 Å². The molecule has 1 heterocycles. The van der Waals surface area contributed by atoms with Gasteiger partial charge in [-0.25, -0.2) is 9.69 Å². The molecule has 0 unspecified atom stereocenters. The van der Waals surface area contributed by atoms with Crippen molar-refractivity contribution in [2.45, 2.75) is 26.9 Å². The summed E-state index contributed by atoms with van der Waals surface area (Å²) in [6, 6.07) is 17.7. The zero-order valence-electron chi connectivity index (χ0n) is 21.7. The highest BCUT2D eigenvalue weighted by molar-refractivity contribution is 6.53. The van der Waals surface area contributed by atoms with E-state index in [-0.39, 0.29) is 22.4 Å². The molecule has 4 rings (SSSR count). The molecule has 0 aromatic heterocycles. The number of imide groups is 1. The lowest BCUT2D eigenvalue weighted by Crippen LogP contribution is -2.32. The number of hydrogen-bond donors (Lipinski definition) is 2. The van der Waals surface area contributed by atoms with Crippen LogP contribution in [0, 0.1) is 6.92 Å². The van der Waals surface area contributed by atoms with Crippen LogP contribution in [0.1, 0.15) is 40.1 Å². The fourth-order valence-electron chi connectivity index (χ4n) is 3.82. The molecule has 9 nitrogen and oxygen atoms in total. The highest BCUT2D eigenvalue weighted by Gasteiger charge is 2.39. The lowest BCUT2D eigenvalue weighted by Gasteiger charge is -2.16. The molecular formula is C29H26ClN3O6. The van der Waals surface area contributed by atoms with Crippen LogP contribution in [0.2, 0.25) is 0 Å². The number of nitrogens with zero attached hydrogens (tertiary/aromatic N) is 1. The molecule has 10 heteroatoms. The van der Waals surface area contributed by atoms with Crippen molar-refractivity contribution >= 4 is 52.4 Å². The smallest absolute Gasteiger partial charge is 0.338 e. The lowest BCUT2D eigenvalue weighted by molar-refractivity contribution is -0.120. The van der Waals surface area contributed by atoms with Crippen LogP contribution in [0.4, 0.5) is 17.1 Å². The molecule has 1 aliphatic rings. The van der Waals surface area contributed by atoms with E-state index in [2.05, 4.69) is 10.6 Å². The number of aryl methyl sites for hydroxylation is 1. The van der Waals surface area contributed by atoms with E-state index in [1.54, 1.807) is 81.4 Å². The zero-order chi connectivity index (χ0) is 28.3. The molecule has 0 atom stereocenters. The normalized spacial score (nSPS) is 13.1. The predicted octanol–water partition coefficient (Wildman–Crippen LogP) is 5.26. The number of amides is 3.